The Labute approximate surface area is 173 Å². The summed E-state index contributed by atoms with van der Waals surface area (Å²) in [6, 6.07) is 9.01. The van der Waals surface area contributed by atoms with Crippen molar-refractivity contribution in [1.29, 1.82) is 0 Å². The van der Waals surface area contributed by atoms with Gasteiger partial charge in [0.1, 0.15) is 0 Å². The van der Waals surface area contributed by atoms with Crippen LogP contribution in [0, 0.1) is 12.8 Å². The van der Waals surface area contributed by atoms with Crippen molar-refractivity contribution in [3.8, 4) is 0 Å². The van der Waals surface area contributed by atoms with Gasteiger partial charge in [-0.25, -0.2) is 0 Å². The Bertz CT molecular complexity index is 863. The molecule has 2 saturated heterocycles. The molecule has 2 aliphatic heterocycles. The van der Waals surface area contributed by atoms with E-state index in [1.54, 1.807) is 0 Å². The fraction of sp³-hybridized carbons (Fsp3) is 0.565. The first-order valence-corrected chi connectivity index (χ1v) is 10.8. The van der Waals surface area contributed by atoms with Crippen molar-refractivity contribution in [3.63, 3.8) is 0 Å². The molecule has 0 aliphatic carbocycles. The smallest absolute Gasteiger partial charge is 0.303 e. The van der Waals surface area contributed by atoms with Crippen LogP contribution in [-0.2, 0) is 4.79 Å². The number of carboxylic acids is 1. The Balaban J connectivity index is 1.57. The number of carboxylic acid groups (broad SMARTS) is 1. The third-order valence-electron chi connectivity index (χ3n) is 6.64. The first-order chi connectivity index (χ1) is 14.0. The van der Waals surface area contributed by atoms with Gasteiger partial charge in [0.25, 0.3) is 0 Å². The lowest BCUT2D eigenvalue weighted by Crippen LogP contribution is -2.56. The van der Waals surface area contributed by atoms with E-state index >= 15 is 0 Å². The number of anilines is 1. The summed E-state index contributed by atoms with van der Waals surface area (Å²) in [6.07, 6.45) is 3.97. The number of hydrogen-bond donors (Lipinski definition) is 1. The number of pyridine rings is 1. The van der Waals surface area contributed by atoms with E-state index in [0.29, 0.717) is 12.0 Å². The van der Waals surface area contributed by atoms with E-state index in [-0.39, 0.29) is 6.42 Å². The molecule has 6 nitrogen and oxygen atoms in total. The zero-order valence-electron chi connectivity index (χ0n) is 17.5. The number of nitrogens with zero attached hydrogens (tertiary/aromatic N) is 4. The van der Waals surface area contributed by atoms with Crippen LogP contribution in [0.15, 0.2) is 30.5 Å². The zero-order chi connectivity index (χ0) is 20.4. The number of benzene rings is 1. The summed E-state index contributed by atoms with van der Waals surface area (Å²) in [4.78, 5) is 23.3. The fourth-order valence-electron chi connectivity index (χ4n) is 4.99. The number of aliphatic carboxylic acids is 1. The van der Waals surface area contributed by atoms with Crippen molar-refractivity contribution >= 4 is 22.6 Å². The molecule has 1 N–H and O–H groups in total. The highest BCUT2D eigenvalue weighted by atomic mass is 16.4. The van der Waals surface area contributed by atoms with Gasteiger partial charge in [-0.3, -0.25) is 14.7 Å². The largest absolute Gasteiger partial charge is 0.481 e. The van der Waals surface area contributed by atoms with E-state index in [0.717, 1.165) is 57.6 Å². The third kappa shape index (κ3) is 4.54. The highest BCUT2D eigenvalue weighted by Crippen LogP contribution is 2.33. The first kappa shape index (κ1) is 20.1. The van der Waals surface area contributed by atoms with E-state index in [1.165, 1.54) is 16.6 Å². The monoisotopic (exact) mass is 396 g/mol. The quantitative estimate of drug-likeness (QED) is 0.839. The number of hydrogen-bond acceptors (Lipinski definition) is 5. The van der Waals surface area contributed by atoms with Crippen molar-refractivity contribution in [1.82, 2.24) is 14.8 Å². The minimum atomic E-state index is -0.691. The minimum Gasteiger partial charge on any atom is -0.481 e. The molecule has 4 rings (SSSR count). The van der Waals surface area contributed by atoms with Gasteiger partial charge in [0.2, 0.25) is 0 Å². The fourth-order valence-corrected chi connectivity index (χ4v) is 4.99. The predicted octanol–water partition coefficient (Wildman–Crippen LogP) is 2.85. The second-order valence-electron chi connectivity index (χ2n) is 8.68. The maximum absolute atomic E-state index is 11.3. The van der Waals surface area contributed by atoms with Gasteiger partial charge in [0, 0.05) is 69.0 Å². The number of rotatable bonds is 5. The summed E-state index contributed by atoms with van der Waals surface area (Å²) in [7, 11) is 2.18. The van der Waals surface area contributed by atoms with Gasteiger partial charge in [-0.15, -0.1) is 0 Å². The molecule has 6 heteroatoms. The van der Waals surface area contributed by atoms with Crippen LogP contribution in [0.4, 0.5) is 5.69 Å². The maximum Gasteiger partial charge on any atom is 0.303 e. The molecule has 3 heterocycles. The molecule has 0 unspecified atom stereocenters. The number of aryl methyl sites for hydroxylation is 1. The molecule has 156 valence electrons. The van der Waals surface area contributed by atoms with E-state index < -0.39 is 5.97 Å². The molecular weight excluding hydrogens is 364 g/mol. The summed E-state index contributed by atoms with van der Waals surface area (Å²) in [5.41, 5.74) is 3.49. The van der Waals surface area contributed by atoms with Crippen molar-refractivity contribution in [2.24, 2.45) is 5.92 Å². The standard InChI is InChI=1S/C23H32N4O2/c1-17-3-5-20-19(15-17)22(7-9-24-20)27-10-8-21(18(16-27)4-6-23(28)29)26-13-11-25(2)12-14-26/h3,5,7,9,15,18,21H,4,6,8,10-14,16H2,1-2H3,(H,28,29)/t18-,21+/m1/s1. The molecule has 1 aromatic carbocycles. The lowest BCUT2D eigenvalue weighted by molar-refractivity contribution is -0.137. The van der Waals surface area contributed by atoms with Crippen LogP contribution >= 0.6 is 0 Å². The molecule has 2 aromatic rings. The van der Waals surface area contributed by atoms with Crippen LogP contribution in [-0.4, -0.2) is 78.2 Å². The van der Waals surface area contributed by atoms with Crippen molar-refractivity contribution in [3.05, 3.63) is 36.0 Å². The SMILES string of the molecule is Cc1ccc2nccc(N3CC[C@H](N4CCN(C)CC4)[C@H](CCC(=O)O)C3)c2c1. The van der Waals surface area contributed by atoms with E-state index in [4.69, 9.17) is 0 Å². The summed E-state index contributed by atoms with van der Waals surface area (Å²) < 4.78 is 0. The first-order valence-electron chi connectivity index (χ1n) is 10.8. The van der Waals surface area contributed by atoms with Crippen LogP contribution in [0.1, 0.15) is 24.8 Å². The number of carbonyl (C=O) groups is 1. The van der Waals surface area contributed by atoms with Crippen molar-refractivity contribution < 1.29 is 9.90 Å². The Hall–Kier alpha value is -2.18. The topological polar surface area (TPSA) is 59.9 Å². The average Bonchev–Trinajstić information content (AvgIpc) is 2.72. The Morgan fingerprint density at radius 2 is 1.97 bits per heavy atom. The summed E-state index contributed by atoms with van der Waals surface area (Å²) >= 11 is 0. The molecule has 2 atom stereocenters. The Kier molecular flexibility index (Phi) is 6.01. The summed E-state index contributed by atoms with van der Waals surface area (Å²) in [6.45, 7) is 8.40. The summed E-state index contributed by atoms with van der Waals surface area (Å²) in [5.74, 6) is -0.319. The number of fused-ring (bicyclic) bond motifs is 1. The van der Waals surface area contributed by atoms with Gasteiger partial charge in [0.05, 0.1) is 5.52 Å². The molecule has 0 amide bonds. The molecule has 29 heavy (non-hydrogen) atoms. The van der Waals surface area contributed by atoms with E-state index in [1.807, 2.05) is 6.20 Å². The normalized spacial score (nSPS) is 24.1. The van der Waals surface area contributed by atoms with Crippen molar-refractivity contribution in [2.45, 2.75) is 32.2 Å². The van der Waals surface area contributed by atoms with Crippen molar-refractivity contribution in [2.75, 3.05) is 51.2 Å². The van der Waals surface area contributed by atoms with Crippen LogP contribution in [0.3, 0.4) is 0 Å². The van der Waals surface area contributed by atoms with Gasteiger partial charge in [0.15, 0.2) is 0 Å². The van der Waals surface area contributed by atoms with Gasteiger partial charge in [-0.05, 0) is 50.9 Å². The molecular formula is C23H32N4O2. The van der Waals surface area contributed by atoms with Crippen LogP contribution in [0.2, 0.25) is 0 Å². The Morgan fingerprint density at radius 3 is 2.72 bits per heavy atom. The van der Waals surface area contributed by atoms with Gasteiger partial charge < -0.3 is 14.9 Å². The van der Waals surface area contributed by atoms with Crippen LogP contribution in [0.25, 0.3) is 10.9 Å². The predicted molar refractivity (Wildman–Crippen MR) is 117 cm³/mol. The molecule has 2 aliphatic rings. The van der Waals surface area contributed by atoms with Gasteiger partial charge in [-0.2, -0.15) is 0 Å². The number of likely N-dealkylation sites (N-methyl/N-ethyl adjacent to an activating group) is 1. The summed E-state index contributed by atoms with van der Waals surface area (Å²) in [5, 5.41) is 10.5. The molecule has 0 saturated carbocycles. The lowest BCUT2D eigenvalue weighted by Gasteiger charge is -2.47. The average molecular weight is 397 g/mol. The maximum atomic E-state index is 11.3. The highest BCUT2D eigenvalue weighted by molar-refractivity contribution is 5.92. The van der Waals surface area contributed by atoms with Gasteiger partial charge >= 0.3 is 5.97 Å². The zero-order valence-corrected chi connectivity index (χ0v) is 17.5. The lowest BCUT2D eigenvalue weighted by atomic mass is 9.86. The second-order valence-corrected chi connectivity index (χ2v) is 8.68. The number of piperazine rings is 1. The van der Waals surface area contributed by atoms with E-state index in [2.05, 4.69) is 57.9 Å². The number of piperidine rings is 1. The molecule has 0 spiro atoms. The molecule has 1 aromatic heterocycles. The Morgan fingerprint density at radius 1 is 1.17 bits per heavy atom. The van der Waals surface area contributed by atoms with Gasteiger partial charge in [-0.1, -0.05) is 11.6 Å². The molecule has 0 radical (unpaired) electrons. The second kappa shape index (κ2) is 8.67. The number of aromatic nitrogens is 1. The third-order valence-corrected chi connectivity index (χ3v) is 6.64. The van der Waals surface area contributed by atoms with Crippen LogP contribution < -0.4 is 4.90 Å². The minimum absolute atomic E-state index is 0.249. The molecule has 0 bridgehead atoms. The van der Waals surface area contributed by atoms with E-state index in [9.17, 15) is 9.90 Å². The van der Waals surface area contributed by atoms with Crippen LogP contribution in [0.5, 0.6) is 0 Å². The highest BCUT2D eigenvalue weighted by Gasteiger charge is 2.35. The molecule has 2 fully saturated rings.